The summed E-state index contributed by atoms with van der Waals surface area (Å²) in [4.78, 5) is 0. The molecule has 0 amide bonds. The summed E-state index contributed by atoms with van der Waals surface area (Å²) in [7, 11) is 0. The second kappa shape index (κ2) is 5.88. The fourth-order valence-electron chi connectivity index (χ4n) is 3.08. The maximum Gasteiger partial charge on any atom is 0.0608 e. The Hall–Kier alpha value is -0.820. The van der Waals surface area contributed by atoms with Gasteiger partial charge in [-0.1, -0.05) is 43.5 Å². The van der Waals surface area contributed by atoms with Gasteiger partial charge < -0.3 is 5.11 Å². The number of rotatable bonds is 3. The van der Waals surface area contributed by atoms with Crippen molar-refractivity contribution in [1.82, 2.24) is 0 Å². The zero-order valence-corrected chi connectivity index (χ0v) is 11.9. The Kier molecular flexibility index (Phi) is 4.45. The molecule has 2 rings (SSSR count). The Labute approximate surface area is 111 Å². The number of benzene rings is 1. The fraction of sp³-hybridized carbons (Fsp3) is 0.647. The third kappa shape index (κ3) is 3.35. The van der Waals surface area contributed by atoms with Crippen LogP contribution in [-0.4, -0.2) is 11.2 Å². The molecule has 0 bridgehead atoms. The average Bonchev–Trinajstić information content (AvgIpc) is 2.34. The van der Waals surface area contributed by atoms with Crippen LogP contribution in [0.15, 0.2) is 18.2 Å². The molecule has 1 aromatic rings. The van der Waals surface area contributed by atoms with Crippen molar-refractivity contribution in [3.8, 4) is 0 Å². The Bertz CT molecular complexity index is 389. The summed E-state index contributed by atoms with van der Waals surface area (Å²) in [5, 5.41) is 10.4. The number of hydrogen-bond acceptors (Lipinski definition) is 1. The van der Waals surface area contributed by atoms with Crippen molar-refractivity contribution in [3.63, 3.8) is 0 Å². The van der Waals surface area contributed by atoms with Crippen LogP contribution >= 0.6 is 0 Å². The predicted molar refractivity (Wildman–Crippen MR) is 76.7 cm³/mol. The molecular weight excluding hydrogens is 220 g/mol. The summed E-state index contributed by atoms with van der Waals surface area (Å²) in [6.45, 7) is 6.59. The van der Waals surface area contributed by atoms with Gasteiger partial charge in [0.2, 0.25) is 0 Å². The van der Waals surface area contributed by atoms with Crippen LogP contribution in [0.1, 0.15) is 49.3 Å². The van der Waals surface area contributed by atoms with Crippen molar-refractivity contribution in [2.24, 2.45) is 11.8 Å². The van der Waals surface area contributed by atoms with Gasteiger partial charge in [0.25, 0.3) is 0 Å². The standard InChI is InChI=1S/C17H26O/c1-12-5-8-15(9-6-12)17(18)11-16-10-13(2)4-7-14(16)3/h4,7,10,12,15,17-18H,5-6,8-9,11H2,1-3H3. The Balaban J connectivity index is 1.98. The minimum Gasteiger partial charge on any atom is -0.392 e. The molecule has 1 aliphatic carbocycles. The maximum atomic E-state index is 10.4. The monoisotopic (exact) mass is 246 g/mol. The lowest BCUT2D eigenvalue weighted by atomic mass is 9.78. The molecule has 1 fully saturated rings. The van der Waals surface area contributed by atoms with E-state index in [1.54, 1.807) is 0 Å². The van der Waals surface area contributed by atoms with Crippen molar-refractivity contribution >= 4 is 0 Å². The van der Waals surface area contributed by atoms with E-state index in [1.807, 2.05) is 0 Å². The van der Waals surface area contributed by atoms with Gasteiger partial charge in [0.15, 0.2) is 0 Å². The fourth-order valence-corrected chi connectivity index (χ4v) is 3.08. The van der Waals surface area contributed by atoms with E-state index in [4.69, 9.17) is 0 Å². The molecule has 1 aromatic carbocycles. The van der Waals surface area contributed by atoms with Gasteiger partial charge in [-0.05, 0) is 56.1 Å². The van der Waals surface area contributed by atoms with Crippen LogP contribution in [0, 0.1) is 25.7 Å². The normalized spacial score (nSPS) is 26.0. The lowest BCUT2D eigenvalue weighted by molar-refractivity contribution is 0.0759. The zero-order chi connectivity index (χ0) is 13.1. The van der Waals surface area contributed by atoms with Crippen molar-refractivity contribution in [3.05, 3.63) is 34.9 Å². The van der Waals surface area contributed by atoms with Crippen molar-refractivity contribution in [2.75, 3.05) is 0 Å². The third-order valence-electron chi connectivity index (χ3n) is 4.54. The second-order valence-electron chi connectivity index (χ2n) is 6.22. The first-order valence-corrected chi connectivity index (χ1v) is 7.30. The highest BCUT2D eigenvalue weighted by Gasteiger charge is 2.24. The summed E-state index contributed by atoms with van der Waals surface area (Å²) in [6, 6.07) is 6.54. The first-order valence-electron chi connectivity index (χ1n) is 7.30. The minimum absolute atomic E-state index is 0.155. The molecular formula is C17H26O. The molecule has 1 unspecified atom stereocenters. The van der Waals surface area contributed by atoms with E-state index < -0.39 is 0 Å². The van der Waals surface area contributed by atoms with E-state index in [9.17, 15) is 5.11 Å². The topological polar surface area (TPSA) is 20.2 Å². The van der Waals surface area contributed by atoms with E-state index in [0.717, 1.165) is 12.3 Å². The molecule has 0 aliphatic heterocycles. The molecule has 1 N–H and O–H groups in total. The first kappa shape index (κ1) is 13.6. The Morgan fingerprint density at radius 3 is 2.50 bits per heavy atom. The summed E-state index contributed by atoms with van der Waals surface area (Å²) in [5.74, 6) is 1.37. The van der Waals surface area contributed by atoms with Crippen LogP contribution < -0.4 is 0 Å². The van der Waals surface area contributed by atoms with E-state index in [2.05, 4.69) is 39.0 Å². The largest absolute Gasteiger partial charge is 0.392 e. The van der Waals surface area contributed by atoms with Gasteiger partial charge >= 0.3 is 0 Å². The van der Waals surface area contributed by atoms with Gasteiger partial charge in [0.05, 0.1) is 6.10 Å². The molecule has 0 saturated heterocycles. The lowest BCUT2D eigenvalue weighted by Gasteiger charge is -2.30. The summed E-state index contributed by atoms with van der Waals surface area (Å²) in [6.07, 6.45) is 5.65. The van der Waals surface area contributed by atoms with Gasteiger partial charge in [0, 0.05) is 0 Å². The highest BCUT2D eigenvalue weighted by atomic mass is 16.3. The molecule has 100 valence electrons. The van der Waals surface area contributed by atoms with E-state index >= 15 is 0 Å². The van der Waals surface area contributed by atoms with Crippen molar-refractivity contribution < 1.29 is 5.11 Å². The number of hydrogen-bond donors (Lipinski definition) is 1. The number of aliphatic hydroxyl groups excluding tert-OH is 1. The van der Waals surface area contributed by atoms with Crippen LogP contribution in [0.2, 0.25) is 0 Å². The molecule has 1 saturated carbocycles. The first-order chi connectivity index (χ1) is 8.56. The van der Waals surface area contributed by atoms with Gasteiger partial charge in [-0.25, -0.2) is 0 Å². The quantitative estimate of drug-likeness (QED) is 0.853. The van der Waals surface area contributed by atoms with Crippen molar-refractivity contribution in [2.45, 2.75) is 59.0 Å². The Morgan fingerprint density at radius 2 is 1.83 bits per heavy atom. The van der Waals surface area contributed by atoms with E-state index in [-0.39, 0.29) is 6.10 Å². The molecule has 0 spiro atoms. The highest BCUT2D eigenvalue weighted by molar-refractivity contribution is 5.31. The number of aryl methyl sites for hydroxylation is 2. The molecule has 18 heavy (non-hydrogen) atoms. The molecule has 1 atom stereocenters. The molecule has 1 aliphatic rings. The minimum atomic E-state index is -0.155. The smallest absolute Gasteiger partial charge is 0.0608 e. The maximum absolute atomic E-state index is 10.4. The van der Waals surface area contributed by atoms with Crippen LogP contribution in [-0.2, 0) is 6.42 Å². The van der Waals surface area contributed by atoms with Gasteiger partial charge in [-0.15, -0.1) is 0 Å². The van der Waals surface area contributed by atoms with Crippen molar-refractivity contribution in [1.29, 1.82) is 0 Å². The van der Waals surface area contributed by atoms with E-state index in [1.165, 1.54) is 42.4 Å². The molecule has 0 radical (unpaired) electrons. The average molecular weight is 246 g/mol. The molecule has 1 nitrogen and oxygen atoms in total. The summed E-state index contributed by atoms with van der Waals surface area (Å²) in [5.41, 5.74) is 3.92. The molecule has 0 heterocycles. The van der Waals surface area contributed by atoms with Crippen LogP contribution in [0.4, 0.5) is 0 Å². The predicted octanol–water partition coefficient (Wildman–Crippen LogP) is 4.03. The third-order valence-corrected chi connectivity index (χ3v) is 4.54. The molecule has 1 heteroatoms. The lowest BCUT2D eigenvalue weighted by Crippen LogP contribution is -2.27. The van der Waals surface area contributed by atoms with Gasteiger partial charge in [-0.2, -0.15) is 0 Å². The summed E-state index contributed by atoms with van der Waals surface area (Å²) >= 11 is 0. The van der Waals surface area contributed by atoms with Gasteiger partial charge in [0.1, 0.15) is 0 Å². The van der Waals surface area contributed by atoms with Crippen LogP contribution in [0.25, 0.3) is 0 Å². The van der Waals surface area contributed by atoms with Crippen LogP contribution in [0.3, 0.4) is 0 Å². The Morgan fingerprint density at radius 1 is 1.17 bits per heavy atom. The molecule has 0 aromatic heterocycles. The van der Waals surface area contributed by atoms with Crippen LogP contribution in [0.5, 0.6) is 0 Å². The van der Waals surface area contributed by atoms with Gasteiger partial charge in [-0.3, -0.25) is 0 Å². The zero-order valence-electron chi connectivity index (χ0n) is 11.9. The second-order valence-corrected chi connectivity index (χ2v) is 6.22. The SMILES string of the molecule is Cc1ccc(C)c(CC(O)C2CCC(C)CC2)c1. The summed E-state index contributed by atoms with van der Waals surface area (Å²) < 4.78 is 0. The highest BCUT2D eigenvalue weighted by Crippen LogP contribution is 2.31. The van der Waals surface area contributed by atoms with E-state index in [0.29, 0.717) is 5.92 Å². The number of aliphatic hydroxyl groups is 1.